The Kier molecular flexibility index (Phi) is 3.56. The van der Waals surface area contributed by atoms with Crippen molar-refractivity contribution in [1.29, 1.82) is 0 Å². The quantitative estimate of drug-likeness (QED) is 0.909. The number of rotatable bonds is 3. The molecule has 1 heterocycles. The topological polar surface area (TPSA) is 61.0 Å². The molecule has 0 aliphatic carbocycles. The Morgan fingerprint density at radius 1 is 1.29 bits per heavy atom. The molecule has 0 aliphatic heterocycles. The van der Waals surface area contributed by atoms with E-state index in [0.717, 1.165) is 11.3 Å². The highest BCUT2D eigenvalue weighted by atomic mass is 35.5. The van der Waals surface area contributed by atoms with Crippen LogP contribution in [-0.2, 0) is 6.54 Å². The van der Waals surface area contributed by atoms with E-state index in [1.807, 2.05) is 19.1 Å². The van der Waals surface area contributed by atoms with Gasteiger partial charge in [0.25, 0.3) is 0 Å². The van der Waals surface area contributed by atoms with Gasteiger partial charge >= 0.3 is 0 Å². The van der Waals surface area contributed by atoms with E-state index in [0.29, 0.717) is 23.2 Å². The summed E-state index contributed by atoms with van der Waals surface area (Å²) in [5.41, 5.74) is 7.12. The second-order valence-corrected chi connectivity index (χ2v) is 3.88. The summed E-state index contributed by atoms with van der Waals surface area (Å²) in [6, 6.07) is 5.39. The predicted molar refractivity (Wildman–Crippen MR) is 66.2 cm³/mol. The minimum absolute atomic E-state index is 0.314. The molecule has 2 rings (SSSR count). The van der Waals surface area contributed by atoms with Crippen LogP contribution in [0.3, 0.4) is 0 Å². The molecule has 0 saturated carbocycles. The van der Waals surface area contributed by atoms with Gasteiger partial charge in [-0.05, 0) is 19.1 Å². The number of benzene rings is 1. The summed E-state index contributed by atoms with van der Waals surface area (Å²) < 4.78 is 5.67. The number of halogens is 1. The Labute approximate surface area is 104 Å². The molecule has 2 N–H and O–H groups in total. The maximum Gasteiger partial charge on any atom is 0.240 e. The Balaban J connectivity index is 2.37. The van der Waals surface area contributed by atoms with E-state index in [-0.39, 0.29) is 0 Å². The molecule has 0 spiro atoms. The van der Waals surface area contributed by atoms with E-state index in [9.17, 15) is 0 Å². The highest BCUT2D eigenvalue weighted by Gasteiger charge is 2.09. The van der Waals surface area contributed by atoms with Crippen LogP contribution in [0, 0.1) is 6.92 Å². The van der Waals surface area contributed by atoms with E-state index >= 15 is 0 Å². The van der Waals surface area contributed by atoms with E-state index in [2.05, 4.69) is 9.97 Å². The Morgan fingerprint density at radius 3 is 2.76 bits per heavy atom. The van der Waals surface area contributed by atoms with Gasteiger partial charge in [-0.1, -0.05) is 17.7 Å². The lowest BCUT2D eigenvalue weighted by molar-refractivity contribution is 0.450. The van der Waals surface area contributed by atoms with Crippen molar-refractivity contribution in [3.63, 3.8) is 0 Å². The van der Waals surface area contributed by atoms with Gasteiger partial charge in [0.1, 0.15) is 5.75 Å². The highest BCUT2D eigenvalue weighted by Crippen LogP contribution is 2.29. The molecular formula is C12H12ClN3O. The molecule has 0 atom stereocenters. The molecule has 88 valence electrons. The van der Waals surface area contributed by atoms with Crippen LogP contribution in [0.25, 0.3) is 0 Å². The van der Waals surface area contributed by atoms with Crippen LogP contribution in [0.5, 0.6) is 11.6 Å². The van der Waals surface area contributed by atoms with Crippen LogP contribution >= 0.6 is 11.6 Å². The van der Waals surface area contributed by atoms with E-state index in [1.54, 1.807) is 18.5 Å². The molecule has 2 aromatic rings. The first kappa shape index (κ1) is 11.8. The number of nitrogens with two attached hydrogens (primary N) is 1. The molecule has 1 aromatic carbocycles. The Bertz CT molecular complexity index is 531. The maximum absolute atomic E-state index is 6.04. The fraction of sp³-hybridized carbons (Fsp3) is 0.167. The number of nitrogens with zero attached hydrogens (tertiary/aromatic N) is 2. The number of aryl methyl sites for hydroxylation is 1. The van der Waals surface area contributed by atoms with Crippen LogP contribution in [0.2, 0.25) is 5.02 Å². The van der Waals surface area contributed by atoms with Gasteiger partial charge in [0.2, 0.25) is 5.88 Å². The van der Waals surface area contributed by atoms with Crippen molar-refractivity contribution in [2.75, 3.05) is 0 Å². The zero-order valence-electron chi connectivity index (χ0n) is 9.35. The molecule has 4 nitrogen and oxygen atoms in total. The van der Waals surface area contributed by atoms with Crippen molar-refractivity contribution in [3.05, 3.63) is 46.9 Å². The fourth-order valence-corrected chi connectivity index (χ4v) is 1.67. The first-order valence-electron chi connectivity index (χ1n) is 5.15. The normalized spacial score (nSPS) is 10.3. The fourth-order valence-electron chi connectivity index (χ4n) is 1.43. The second-order valence-electron chi connectivity index (χ2n) is 3.47. The standard InChI is InChI=1S/C12H12ClN3O/c1-8-12(16-6-5-15-8)17-11-4-2-3-10(13)9(11)7-14/h2-6H,7,14H2,1H3. The van der Waals surface area contributed by atoms with Crippen molar-refractivity contribution < 1.29 is 4.74 Å². The van der Waals surface area contributed by atoms with E-state index in [4.69, 9.17) is 22.1 Å². The maximum atomic E-state index is 6.04. The van der Waals surface area contributed by atoms with Crippen LogP contribution in [0.15, 0.2) is 30.6 Å². The Morgan fingerprint density at radius 2 is 2.06 bits per heavy atom. The van der Waals surface area contributed by atoms with E-state index in [1.165, 1.54) is 0 Å². The number of hydrogen-bond donors (Lipinski definition) is 1. The minimum Gasteiger partial charge on any atom is -0.437 e. The lowest BCUT2D eigenvalue weighted by Gasteiger charge is -2.11. The second kappa shape index (κ2) is 5.12. The van der Waals surface area contributed by atoms with Crippen LogP contribution in [0.1, 0.15) is 11.3 Å². The van der Waals surface area contributed by atoms with Crippen molar-refractivity contribution in [1.82, 2.24) is 9.97 Å². The molecular weight excluding hydrogens is 238 g/mol. The molecule has 5 heteroatoms. The zero-order valence-corrected chi connectivity index (χ0v) is 10.1. The monoisotopic (exact) mass is 249 g/mol. The summed E-state index contributed by atoms with van der Waals surface area (Å²) in [6.45, 7) is 2.14. The van der Waals surface area contributed by atoms with Crippen LogP contribution < -0.4 is 10.5 Å². The first-order chi connectivity index (χ1) is 8.22. The summed E-state index contributed by atoms with van der Waals surface area (Å²) in [6.07, 6.45) is 3.19. The van der Waals surface area contributed by atoms with Gasteiger partial charge in [0, 0.05) is 29.5 Å². The SMILES string of the molecule is Cc1nccnc1Oc1cccc(Cl)c1CN. The first-order valence-corrected chi connectivity index (χ1v) is 5.53. The molecule has 0 fully saturated rings. The third kappa shape index (κ3) is 2.54. The van der Waals surface area contributed by atoms with Gasteiger partial charge in [-0.2, -0.15) is 0 Å². The zero-order chi connectivity index (χ0) is 12.3. The summed E-state index contributed by atoms with van der Waals surface area (Å²) in [5, 5.41) is 0.589. The lowest BCUT2D eigenvalue weighted by atomic mass is 10.2. The van der Waals surface area contributed by atoms with Crippen molar-refractivity contribution >= 4 is 11.6 Å². The van der Waals surface area contributed by atoms with Gasteiger partial charge in [0.05, 0.1) is 5.69 Å². The number of aromatic nitrogens is 2. The van der Waals surface area contributed by atoms with Crippen molar-refractivity contribution in [2.45, 2.75) is 13.5 Å². The molecule has 0 saturated heterocycles. The van der Waals surface area contributed by atoms with E-state index < -0.39 is 0 Å². The third-order valence-electron chi connectivity index (χ3n) is 2.32. The minimum atomic E-state index is 0.314. The molecule has 1 aromatic heterocycles. The van der Waals surface area contributed by atoms with Gasteiger partial charge < -0.3 is 10.5 Å². The Hall–Kier alpha value is -1.65. The van der Waals surface area contributed by atoms with Crippen LogP contribution in [0.4, 0.5) is 0 Å². The summed E-state index contributed by atoms with van der Waals surface area (Å²) >= 11 is 6.04. The van der Waals surface area contributed by atoms with Crippen molar-refractivity contribution in [2.24, 2.45) is 5.73 Å². The summed E-state index contributed by atoms with van der Waals surface area (Å²) in [4.78, 5) is 8.21. The largest absolute Gasteiger partial charge is 0.437 e. The molecule has 0 amide bonds. The molecule has 17 heavy (non-hydrogen) atoms. The van der Waals surface area contributed by atoms with Crippen LogP contribution in [-0.4, -0.2) is 9.97 Å². The summed E-state index contributed by atoms with van der Waals surface area (Å²) in [5.74, 6) is 1.08. The lowest BCUT2D eigenvalue weighted by Crippen LogP contribution is -2.02. The predicted octanol–water partition coefficient (Wildman–Crippen LogP) is 2.69. The average Bonchev–Trinajstić information content (AvgIpc) is 2.32. The molecule has 0 unspecified atom stereocenters. The number of ether oxygens (including phenoxy) is 1. The van der Waals surface area contributed by atoms with Gasteiger partial charge in [-0.25, -0.2) is 4.98 Å². The molecule has 0 bridgehead atoms. The van der Waals surface area contributed by atoms with Gasteiger partial charge in [-0.15, -0.1) is 0 Å². The molecule has 0 aliphatic rings. The molecule has 0 radical (unpaired) electrons. The average molecular weight is 250 g/mol. The smallest absolute Gasteiger partial charge is 0.240 e. The number of hydrogen-bond acceptors (Lipinski definition) is 4. The van der Waals surface area contributed by atoms with Gasteiger partial charge in [-0.3, -0.25) is 4.98 Å². The third-order valence-corrected chi connectivity index (χ3v) is 2.68. The van der Waals surface area contributed by atoms with Gasteiger partial charge in [0.15, 0.2) is 0 Å². The summed E-state index contributed by atoms with van der Waals surface area (Å²) in [7, 11) is 0. The van der Waals surface area contributed by atoms with Crippen molar-refractivity contribution in [3.8, 4) is 11.6 Å². The highest BCUT2D eigenvalue weighted by molar-refractivity contribution is 6.31.